The van der Waals surface area contributed by atoms with E-state index in [1.54, 1.807) is 36.4 Å². The molecule has 0 aromatic heterocycles. The Kier molecular flexibility index (Phi) is 5.20. The maximum absolute atomic E-state index is 12.7. The highest BCUT2D eigenvalue weighted by molar-refractivity contribution is 6.43. The van der Waals surface area contributed by atoms with Gasteiger partial charge in [-0.2, -0.15) is 0 Å². The molecule has 0 aliphatic heterocycles. The first-order valence-electron chi connectivity index (χ1n) is 6.00. The lowest BCUT2D eigenvalue weighted by molar-refractivity contribution is 0.255. The number of amides is 2. The predicted molar refractivity (Wildman–Crippen MR) is 84.1 cm³/mol. The molecule has 2 rings (SSSR count). The second-order valence-electron chi connectivity index (χ2n) is 4.08. The summed E-state index contributed by atoms with van der Waals surface area (Å²) in [5.41, 5.74) is 1.18. The first-order chi connectivity index (χ1) is 10.1. The quantitative estimate of drug-likeness (QED) is 0.826. The normalized spacial score (nSPS) is 10.6. The first-order valence-corrected chi connectivity index (χ1v) is 6.75. The van der Waals surface area contributed by atoms with Gasteiger partial charge in [0.2, 0.25) is 0 Å². The Labute approximate surface area is 131 Å². The molecule has 6 heteroatoms. The van der Waals surface area contributed by atoms with Gasteiger partial charge in [0.25, 0.3) is 0 Å². The molecule has 3 nitrogen and oxygen atoms in total. The number of carbonyl (C=O) groups excluding carboxylic acids is 1. The molecule has 0 atom stereocenters. The molecule has 0 fully saturated rings. The Bertz CT molecular complexity index is 672. The lowest BCUT2D eigenvalue weighted by atomic mass is 10.2. The van der Waals surface area contributed by atoms with Gasteiger partial charge in [-0.3, -0.25) is 0 Å². The molecule has 0 heterocycles. The minimum Gasteiger partial charge on any atom is -0.314 e. The van der Waals surface area contributed by atoms with Crippen molar-refractivity contribution in [3.05, 3.63) is 70.1 Å². The predicted octanol–water partition coefficient (Wildman–Crippen LogP) is 4.92. The Morgan fingerprint density at radius 3 is 2.52 bits per heavy atom. The van der Waals surface area contributed by atoms with Crippen molar-refractivity contribution in [3.8, 4) is 0 Å². The average Bonchev–Trinajstić information content (AvgIpc) is 2.46. The third-order valence-electron chi connectivity index (χ3n) is 2.56. The number of halogens is 3. The number of urea groups is 1. The van der Waals surface area contributed by atoms with Crippen molar-refractivity contribution in [3.63, 3.8) is 0 Å². The van der Waals surface area contributed by atoms with Gasteiger partial charge in [0.15, 0.2) is 0 Å². The molecule has 2 aromatic carbocycles. The van der Waals surface area contributed by atoms with Gasteiger partial charge in [-0.05, 0) is 35.9 Å². The van der Waals surface area contributed by atoms with E-state index in [1.165, 1.54) is 18.3 Å². The molecule has 108 valence electrons. The summed E-state index contributed by atoms with van der Waals surface area (Å²) in [6.45, 7) is 0. The van der Waals surface area contributed by atoms with Crippen LogP contribution >= 0.6 is 23.2 Å². The molecule has 2 aromatic rings. The van der Waals surface area contributed by atoms with E-state index < -0.39 is 6.03 Å². The van der Waals surface area contributed by atoms with Gasteiger partial charge < -0.3 is 10.6 Å². The summed E-state index contributed by atoms with van der Waals surface area (Å²) >= 11 is 11.8. The van der Waals surface area contributed by atoms with E-state index in [0.29, 0.717) is 10.7 Å². The van der Waals surface area contributed by atoms with Crippen molar-refractivity contribution in [2.45, 2.75) is 0 Å². The van der Waals surface area contributed by atoms with Crippen LogP contribution in [0, 0.1) is 5.82 Å². The molecule has 0 bridgehead atoms. The fourth-order valence-corrected chi connectivity index (χ4v) is 1.89. The third-order valence-corrected chi connectivity index (χ3v) is 3.38. The van der Waals surface area contributed by atoms with Crippen molar-refractivity contribution in [1.82, 2.24) is 5.32 Å². The summed E-state index contributed by atoms with van der Waals surface area (Å²) in [7, 11) is 0. The van der Waals surface area contributed by atoms with E-state index in [2.05, 4.69) is 10.6 Å². The number of hydrogen-bond donors (Lipinski definition) is 2. The zero-order valence-corrected chi connectivity index (χ0v) is 12.3. The number of rotatable bonds is 3. The summed E-state index contributed by atoms with van der Waals surface area (Å²) in [4.78, 5) is 11.7. The number of benzene rings is 2. The Hall–Kier alpha value is -2.04. The van der Waals surface area contributed by atoms with E-state index in [9.17, 15) is 9.18 Å². The topological polar surface area (TPSA) is 41.1 Å². The fraction of sp³-hybridized carbons (Fsp3) is 0. The van der Waals surface area contributed by atoms with Gasteiger partial charge in [-0.15, -0.1) is 0 Å². The van der Waals surface area contributed by atoms with E-state index in [0.717, 1.165) is 5.56 Å². The minimum atomic E-state index is -0.461. The highest BCUT2D eigenvalue weighted by Crippen LogP contribution is 2.29. The van der Waals surface area contributed by atoms with Crippen LogP contribution in [0.25, 0.3) is 6.08 Å². The molecule has 0 aliphatic rings. The maximum Gasteiger partial charge on any atom is 0.323 e. The smallest absolute Gasteiger partial charge is 0.314 e. The van der Waals surface area contributed by atoms with Crippen LogP contribution in [0.5, 0.6) is 0 Å². The second kappa shape index (κ2) is 7.11. The van der Waals surface area contributed by atoms with Crippen LogP contribution in [0.15, 0.2) is 48.7 Å². The van der Waals surface area contributed by atoms with Crippen molar-refractivity contribution < 1.29 is 9.18 Å². The molecule has 0 aliphatic carbocycles. The second-order valence-corrected chi connectivity index (χ2v) is 4.87. The number of nitrogens with one attached hydrogen (secondary N) is 2. The van der Waals surface area contributed by atoms with Crippen LogP contribution in [0.2, 0.25) is 10.0 Å². The standard InChI is InChI=1S/C15H11Cl2FN2O/c16-12-2-1-3-13(14(12)17)20-15(21)19-9-8-10-4-6-11(18)7-5-10/h1-9H,(H2,19,20,21)/b9-8+. The maximum atomic E-state index is 12.7. The third kappa shape index (κ3) is 4.48. The average molecular weight is 325 g/mol. The molecular formula is C15H11Cl2FN2O. The monoisotopic (exact) mass is 324 g/mol. The zero-order chi connectivity index (χ0) is 15.2. The largest absolute Gasteiger partial charge is 0.323 e. The first kappa shape index (κ1) is 15.4. The highest BCUT2D eigenvalue weighted by atomic mass is 35.5. The zero-order valence-electron chi connectivity index (χ0n) is 10.7. The minimum absolute atomic E-state index is 0.275. The van der Waals surface area contributed by atoms with Crippen LogP contribution < -0.4 is 10.6 Å². The summed E-state index contributed by atoms with van der Waals surface area (Å²) in [5, 5.41) is 5.72. The molecule has 0 spiro atoms. The Balaban J connectivity index is 1.93. The van der Waals surface area contributed by atoms with Crippen LogP contribution in [0.1, 0.15) is 5.56 Å². The summed E-state index contributed by atoms with van der Waals surface area (Å²) in [6, 6.07) is 10.4. The molecule has 0 saturated carbocycles. The molecule has 0 unspecified atom stereocenters. The van der Waals surface area contributed by atoms with Gasteiger partial charge in [0.1, 0.15) is 5.82 Å². The van der Waals surface area contributed by atoms with Gasteiger partial charge in [-0.25, -0.2) is 9.18 Å². The number of carbonyl (C=O) groups is 1. The van der Waals surface area contributed by atoms with Crippen molar-refractivity contribution in [1.29, 1.82) is 0 Å². The molecule has 2 N–H and O–H groups in total. The Morgan fingerprint density at radius 2 is 1.81 bits per heavy atom. The SMILES string of the molecule is O=C(N/C=C/c1ccc(F)cc1)Nc1cccc(Cl)c1Cl. The van der Waals surface area contributed by atoms with Crippen LogP contribution in [0.3, 0.4) is 0 Å². The Morgan fingerprint density at radius 1 is 1.10 bits per heavy atom. The molecular weight excluding hydrogens is 314 g/mol. The summed E-state index contributed by atoms with van der Waals surface area (Å²) in [6.07, 6.45) is 3.08. The number of anilines is 1. The highest BCUT2D eigenvalue weighted by Gasteiger charge is 2.06. The van der Waals surface area contributed by atoms with Gasteiger partial charge in [-0.1, -0.05) is 41.4 Å². The van der Waals surface area contributed by atoms with Crippen molar-refractivity contribution in [2.24, 2.45) is 0 Å². The van der Waals surface area contributed by atoms with Crippen molar-refractivity contribution in [2.75, 3.05) is 5.32 Å². The molecule has 0 radical (unpaired) electrons. The van der Waals surface area contributed by atoms with E-state index in [1.807, 2.05) is 0 Å². The number of hydrogen-bond acceptors (Lipinski definition) is 1. The van der Waals surface area contributed by atoms with Crippen LogP contribution in [-0.4, -0.2) is 6.03 Å². The molecule has 21 heavy (non-hydrogen) atoms. The fourth-order valence-electron chi connectivity index (χ4n) is 1.55. The summed E-state index contributed by atoms with van der Waals surface area (Å²) < 4.78 is 12.7. The van der Waals surface area contributed by atoms with Crippen LogP contribution in [0.4, 0.5) is 14.9 Å². The summed E-state index contributed by atoms with van der Waals surface area (Å²) in [5.74, 6) is -0.312. The molecule has 0 saturated heterocycles. The molecule has 2 amide bonds. The lowest BCUT2D eigenvalue weighted by Crippen LogP contribution is -2.23. The van der Waals surface area contributed by atoms with E-state index in [4.69, 9.17) is 23.2 Å². The van der Waals surface area contributed by atoms with Gasteiger partial charge in [0.05, 0.1) is 15.7 Å². The van der Waals surface area contributed by atoms with Gasteiger partial charge >= 0.3 is 6.03 Å². The van der Waals surface area contributed by atoms with Crippen molar-refractivity contribution >= 4 is 41.0 Å². The van der Waals surface area contributed by atoms with E-state index in [-0.39, 0.29) is 10.8 Å². The van der Waals surface area contributed by atoms with E-state index >= 15 is 0 Å². The van der Waals surface area contributed by atoms with Gasteiger partial charge in [0, 0.05) is 6.20 Å². The lowest BCUT2D eigenvalue weighted by Gasteiger charge is -2.07. The van der Waals surface area contributed by atoms with Crippen LogP contribution in [-0.2, 0) is 0 Å².